The normalized spacial score (nSPS) is 10.2. The first-order chi connectivity index (χ1) is 8.22. The number of carbonyl (C=O) groups is 1. The molecule has 0 aromatic heterocycles. The molecule has 1 rings (SSSR count). The van der Waals surface area contributed by atoms with Crippen molar-refractivity contribution in [1.82, 2.24) is 0 Å². The van der Waals surface area contributed by atoms with Crippen molar-refractivity contribution in [3.05, 3.63) is 35.4 Å². The summed E-state index contributed by atoms with van der Waals surface area (Å²) in [6.45, 7) is 2.10. The first kappa shape index (κ1) is 14.1. The minimum absolute atomic E-state index is 0.103. The molecular weight excluding hydrogens is 232 g/mol. The summed E-state index contributed by atoms with van der Waals surface area (Å²) in [5.41, 5.74) is 2.67. The summed E-state index contributed by atoms with van der Waals surface area (Å²) in [4.78, 5) is 10.9. The molecule has 0 N–H and O–H groups in total. The van der Waals surface area contributed by atoms with Gasteiger partial charge in [-0.25, -0.2) is 0 Å². The summed E-state index contributed by atoms with van der Waals surface area (Å²) in [5, 5.41) is 0. The van der Waals surface area contributed by atoms with Crippen molar-refractivity contribution < 1.29 is 9.53 Å². The molecule has 0 aliphatic rings. The summed E-state index contributed by atoms with van der Waals surface area (Å²) < 4.78 is 4.59. The van der Waals surface area contributed by atoms with Crippen LogP contribution in [0.15, 0.2) is 24.3 Å². The van der Waals surface area contributed by atoms with Crippen LogP contribution in [0.25, 0.3) is 0 Å². The van der Waals surface area contributed by atoms with E-state index in [1.807, 2.05) is 11.8 Å². The number of thioether (sulfide) groups is 1. The Balaban J connectivity index is 2.04. The van der Waals surface area contributed by atoms with Crippen molar-refractivity contribution in [3.63, 3.8) is 0 Å². The maximum atomic E-state index is 10.9. The van der Waals surface area contributed by atoms with Crippen molar-refractivity contribution in [3.8, 4) is 0 Å². The number of benzene rings is 1. The molecule has 0 heterocycles. The lowest BCUT2D eigenvalue weighted by atomic mass is 10.2. The van der Waals surface area contributed by atoms with Gasteiger partial charge in [0.05, 0.1) is 7.11 Å². The maximum Gasteiger partial charge on any atom is 0.305 e. The zero-order valence-corrected chi connectivity index (χ0v) is 11.4. The van der Waals surface area contributed by atoms with Crippen molar-refractivity contribution >= 4 is 17.7 Å². The fraction of sp³-hybridized carbons (Fsp3) is 0.500. The summed E-state index contributed by atoms with van der Waals surface area (Å²) >= 11 is 1.92. The van der Waals surface area contributed by atoms with Gasteiger partial charge in [0.25, 0.3) is 0 Å². The van der Waals surface area contributed by atoms with E-state index >= 15 is 0 Å². The van der Waals surface area contributed by atoms with E-state index in [4.69, 9.17) is 0 Å². The molecule has 0 fully saturated rings. The van der Waals surface area contributed by atoms with Crippen LogP contribution in [0.4, 0.5) is 0 Å². The largest absolute Gasteiger partial charge is 0.469 e. The minimum atomic E-state index is -0.103. The first-order valence-corrected chi connectivity index (χ1v) is 7.08. The van der Waals surface area contributed by atoms with Crippen LogP contribution in [-0.4, -0.2) is 18.8 Å². The molecule has 94 valence electrons. The number of rotatable bonds is 7. The van der Waals surface area contributed by atoms with Crippen LogP contribution < -0.4 is 0 Å². The van der Waals surface area contributed by atoms with E-state index in [1.54, 1.807) is 0 Å². The molecule has 0 spiro atoms. The van der Waals surface area contributed by atoms with Crippen molar-refractivity contribution in [2.75, 3.05) is 12.9 Å². The first-order valence-electron chi connectivity index (χ1n) is 5.92. The second-order valence-corrected chi connectivity index (χ2v) is 5.18. The molecule has 0 aliphatic carbocycles. The van der Waals surface area contributed by atoms with Crippen LogP contribution in [0, 0.1) is 6.92 Å². The zero-order chi connectivity index (χ0) is 12.5. The number of ether oxygens (including phenoxy) is 1. The molecule has 0 radical (unpaired) electrons. The minimum Gasteiger partial charge on any atom is -0.469 e. The van der Waals surface area contributed by atoms with Crippen LogP contribution in [0.5, 0.6) is 0 Å². The van der Waals surface area contributed by atoms with Gasteiger partial charge in [-0.2, -0.15) is 11.8 Å². The highest BCUT2D eigenvalue weighted by molar-refractivity contribution is 7.98. The lowest BCUT2D eigenvalue weighted by Crippen LogP contribution is -1.99. The second-order valence-electron chi connectivity index (χ2n) is 4.07. The SMILES string of the molecule is COC(=O)CCCCSCc1ccc(C)cc1. The molecule has 0 atom stereocenters. The third kappa shape index (κ3) is 6.37. The Labute approximate surface area is 108 Å². The van der Waals surface area contributed by atoms with Crippen LogP contribution in [0.2, 0.25) is 0 Å². The lowest BCUT2D eigenvalue weighted by Gasteiger charge is -2.02. The second kappa shape index (κ2) is 8.18. The van der Waals surface area contributed by atoms with Gasteiger partial charge in [0.15, 0.2) is 0 Å². The third-order valence-electron chi connectivity index (χ3n) is 2.54. The number of unbranched alkanes of at least 4 members (excludes halogenated alkanes) is 1. The quantitative estimate of drug-likeness (QED) is 0.548. The van der Waals surface area contributed by atoms with Gasteiger partial charge >= 0.3 is 5.97 Å². The van der Waals surface area contributed by atoms with Gasteiger partial charge in [-0.1, -0.05) is 29.8 Å². The van der Waals surface area contributed by atoms with Gasteiger partial charge in [-0.3, -0.25) is 4.79 Å². The number of hydrogen-bond acceptors (Lipinski definition) is 3. The molecule has 1 aromatic rings. The Kier molecular flexibility index (Phi) is 6.78. The monoisotopic (exact) mass is 252 g/mol. The Morgan fingerprint density at radius 2 is 1.94 bits per heavy atom. The number of carbonyl (C=O) groups excluding carboxylic acids is 1. The highest BCUT2D eigenvalue weighted by Crippen LogP contribution is 2.15. The average Bonchev–Trinajstić information content (AvgIpc) is 2.35. The summed E-state index contributed by atoms with van der Waals surface area (Å²) in [7, 11) is 1.44. The molecule has 0 saturated carbocycles. The molecule has 0 aliphatic heterocycles. The van der Waals surface area contributed by atoms with E-state index in [9.17, 15) is 4.79 Å². The number of methoxy groups -OCH3 is 1. The Bertz CT molecular complexity index is 333. The third-order valence-corrected chi connectivity index (χ3v) is 3.65. The lowest BCUT2D eigenvalue weighted by molar-refractivity contribution is -0.140. The van der Waals surface area contributed by atoms with E-state index in [-0.39, 0.29) is 5.97 Å². The van der Waals surface area contributed by atoms with Crippen molar-refractivity contribution in [2.45, 2.75) is 31.9 Å². The predicted molar refractivity (Wildman–Crippen MR) is 73.2 cm³/mol. The highest BCUT2D eigenvalue weighted by Gasteiger charge is 1.99. The van der Waals surface area contributed by atoms with Crippen molar-refractivity contribution in [2.24, 2.45) is 0 Å². The molecule has 0 saturated heterocycles. The van der Waals surface area contributed by atoms with Crippen LogP contribution in [0.3, 0.4) is 0 Å². The van der Waals surface area contributed by atoms with Gasteiger partial charge in [-0.05, 0) is 31.1 Å². The number of esters is 1. The molecule has 2 nitrogen and oxygen atoms in total. The van der Waals surface area contributed by atoms with Gasteiger partial charge in [0, 0.05) is 12.2 Å². The predicted octanol–water partition coefficient (Wildman–Crippen LogP) is 3.57. The highest BCUT2D eigenvalue weighted by atomic mass is 32.2. The summed E-state index contributed by atoms with van der Waals surface area (Å²) in [5.74, 6) is 2.05. The molecule has 17 heavy (non-hydrogen) atoms. The van der Waals surface area contributed by atoms with Gasteiger partial charge < -0.3 is 4.74 Å². The van der Waals surface area contributed by atoms with E-state index < -0.39 is 0 Å². The Morgan fingerprint density at radius 1 is 1.24 bits per heavy atom. The van der Waals surface area contributed by atoms with Crippen LogP contribution in [-0.2, 0) is 15.3 Å². The van der Waals surface area contributed by atoms with E-state index in [2.05, 4.69) is 35.9 Å². The average molecular weight is 252 g/mol. The van der Waals surface area contributed by atoms with E-state index in [0.29, 0.717) is 6.42 Å². The smallest absolute Gasteiger partial charge is 0.305 e. The molecule has 3 heteroatoms. The van der Waals surface area contributed by atoms with Gasteiger partial charge in [0.1, 0.15) is 0 Å². The van der Waals surface area contributed by atoms with Gasteiger partial charge in [0.2, 0.25) is 0 Å². The van der Waals surface area contributed by atoms with Crippen molar-refractivity contribution in [1.29, 1.82) is 0 Å². The summed E-state index contributed by atoms with van der Waals surface area (Å²) in [6, 6.07) is 8.65. The number of aryl methyl sites for hydroxylation is 1. The fourth-order valence-corrected chi connectivity index (χ4v) is 2.43. The van der Waals surface area contributed by atoms with Crippen LogP contribution >= 0.6 is 11.8 Å². The standard InChI is InChI=1S/C14H20O2S/c1-12-6-8-13(9-7-12)11-17-10-4-3-5-14(15)16-2/h6-9H,3-5,10-11H2,1-2H3. The summed E-state index contributed by atoms with van der Waals surface area (Å²) in [6.07, 6.45) is 2.54. The maximum absolute atomic E-state index is 10.9. The van der Waals surface area contributed by atoms with Crippen LogP contribution in [0.1, 0.15) is 30.4 Å². The fourth-order valence-electron chi connectivity index (χ4n) is 1.45. The van der Waals surface area contributed by atoms with Gasteiger partial charge in [-0.15, -0.1) is 0 Å². The Morgan fingerprint density at radius 3 is 2.59 bits per heavy atom. The molecule has 1 aromatic carbocycles. The molecular formula is C14H20O2S. The molecule has 0 amide bonds. The number of hydrogen-bond donors (Lipinski definition) is 0. The Hall–Kier alpha value is -0.960. The van der Waals surface area contributed by atoms with E-state index in [1.165, 1.54) is 18.2 Å². The zero-order valence-electron chi connectivity index (χ0n) is 10.6. The molecule has 0 unspecified atom stereocenters. The molecule has 0 bridgehead atoms. The van der Waals surface area contributed by atoms with E-state index in [0.717, 1.165) is 24.3 Å². The topological polar surface area (TPSA) is 26.3 Å².